The van der Waals surface area contributed by atoms with Crippen LogP contribution in [0.4, 0.5) is 0 Å². The first-order valence-corrected chi connectivity index (χ1v) is 31.3. The third-order valence-corrected chi connectivity index (χ3v) is 12.9. The minimum absolute atomic E-state index is 0.130. The van der Waals surface area contributed by atoms with Crippen molar-refractivity contribution in [3.8, 4) is 0 Å². The first-order valence-electron chi connectivity index (χ1n) is 31.3. The number of hydrogen-bond donors (Lipinski definition) is 0. The second kappa shape index (κ2) is 59.5. The van der Waals surface area contributed by atoms with Gasteiger partial charge in [0.1, 0.15) is 13.2 Å². The van der Waals surface area contributed by atoms with Crippen LogP contribution in [0.3, 0.4) is 0 Å². The molecule has 0 saturated carbocycles. The summed E-state index contributed by atoms with van der Waals surface area (Å²) in [4.78, 5) is 37.3. The van der Waals surface area contributed by atoms with Crippen LogP contribution in [-0.4, -0.2) is 82.3 Å². The van der Waals surface area contributed by atoms with Crippen molar-refractivity contribution in [1.29, 1.82) is 0 Å². The summed E-state index contributed by atoms with van der Waals surface area (Å²) in [6.07, 6.45) is 82.4. The molecule has 0 aliphatic heterocycles. The van der Waals surface area contributed by atoms with Gasteiger partial charge in [-0.2, -0.15) is 0 Å². The van der Waals surface area contributed by atoms with E-state index in [2.05, 4.69) is 148 Å². The van der Waals surface area contributed by atoms with Gasteiger partial charge in [0.15, 0.2) is 12.4 Å². The van der Waals surface area contributed by atoms with E-state index in [9.17, 15) is 19.5 Å². The molecule has 0 bridgehead atoms. The van der Waals surface area contributed by atoms with Gasteiger partial charge in [-0.25, -0.2) is 0 Å². The standard InChI is InChI=1S/C70H115NO8/c1-6-8-10-12-14-16-18-20-22-24-26-28-30-31-32-33-34-35-36-37-39-40-42-44-46-48-50-52-54-56-58-60-67(72)77-64-66(65-78-70(69(74)75)76-63-62-71(3,4)5)79-68(73)61-59-57-55-53-51-49-47-45-43-41-38-29-27-25-23-21-19-17-15-13-11-9-7-2/h8-11,14-17,20-23,26-29,41,43,47,49,53,55,66,70H,6-7,12-13,18-19,24-25,30-40,42,44-46,48,50-52,54,56-65H2,1-5H3/b10-8-,11-9-,16-14-,17-15-,22-20-,23-21-,28-26-,29-27-,43-41-,49-47-,55-53-. The van der Waals surface area contributed by atoms with Crippen LogP contribution in [0.15, 0.2) is 134 Å². The smallest absolute Gasteiger partial charge is 0.306 e. The molecule has 448 valence electrons. The summed E-state index contributed by atoms with van der Waals surface area (Å²) in [6, 6.07) is 0. The summed E-state index contributed by atoms with van der Waals surface area (Å²) in [7, 11) is 5.90. The maximum atomic E-state index is 12.9. The predicted molar refractivity (Wildman–Crippen MR) is 333 cm³/mol. The fraction of sp³-hybridized carbons (Fsp3) is 0.643. The van der Waals surface area contributed by atoms with E-state index in [0.717, 1.165) is 89.9 Å². The number of allylic oxidation sites excluding steroid dienone is 22. The van der Waals surface area contributed by atoms with Crippen LogP contribution in [0.25, 0.3) is 0 Å². The van der Waals surface area contributed by atoms with Gasteiger partial charge in [-0.3, -0.25) is 9.59 Å². The molecule has 0 aliphatic rings. The number of quaternary nitrogens is 1. The summed E-state index contributed by atoms with van der Waals surface area (Å²) in [5, 5.41) is 11.8. The molecule has 9 nitrogen and oxygen atoms in total. The molecular weight excluding hydrogens is 983 g/mol. The van der Waals surface area contributed by atoms with Gasteiger partial charge in [-0.15, -0.1) is 0 Å². The first kappa shape index (κ1) is 74.4. The molecule has 0 amide bonds. The number of hydrogen-bond acceptors (Lipinski definition) is 8. The molecule has 0 rings (SSSR count). The second-order valence-electron chi connectivity index (χ2n) is 21.6. The van der Waals surface area contributed by atoms with Gasteiger partial charge in [0.2, 0.25) is 0 Å². The Morgan fingerprint density at radius 2 is 0.696 bits per heavy atom. The molecule has 0 aromatic rings. The Balaban J connectivity index is 4.25. The Kier molecular flexibility index (Phi) is 56.1. The number of ether oxygens (including phenoxy) is 4. The molecular formula is C70H115NO8. The largest absolute Gasteiger partial charge is 0.545 e. The number of esters is 2. The highest BCUT2D eigenvalue weighted by Gasteiger charge is 2.22. The number of carboxylic acid groups (broad SMARTS) is 1. The molecule has 2 unspecified atom stereocenters. The van der Waals surface area contributed by atoms with Gasteiger partial charge in [-0.1, -0.05) is 250 Å². The summed E-state index contributed by atoms with van der Waals surface area (Å²) < 4.78 is 22.7. The van der Waals surface area contributed by atoms with E-state index in [1.165, 1.54) is 103 Å². The fourth-order valence-electron chi connectivity index (χ4n) is 8.16. The van der Waals surface area contributed by atoms with Crippen molar-refractivity contribution >= 4 is 17.9 Å². The number of carbonyl (C=O) groups excluding carboxylic acids is 3. The lowest BCUT2D eigenvalue weighted by molar-refractivity contribution is -0.870. The molecule has 0 fully saturated rings. The van der Waals surface area contributed by atoms with E-state index < -0.39 is 24.3 Å². The zero-order valence-electron chi connectivity index (χ0n) is 50.9. The summed E-state index contributed by atoms with van der Waals surface area (Å²) in [6.45, 7) is 4.45. The number of unbranched alkanes of at least 4 members (excludes halogenated alkanes) is 19. The lowest BCUT2D eigenvalue weighted by atomic mass is 10.0. The molecule has 0 heterocycles. The van der Waals surface area contributed by atoms with Crippen molar-refractivity contribution in [2.45, 2.75) is 245 Å². The molecule has 0 aromatic carbocycles. The van der Waals surface area contributed by atoms with Gasteiger partial charge < -0.3 is 33.3 Å². The van der Waals surface area contributed by atoms with Crippen LogP contribution >= 0.6 is 0 Å². The van der Waals surface area contributed by atoms with Crippen LogP contribution in [0.2, 0.25) is 0 Å². The number of aliphatic carboxylic acids is 1. The summed E-state index contributed by atoms with van der Waals surface area (Å²) in [5.74, 6) is -2.37. The third-order valence-electron chi connectivity index (χ3n) is 12.9. The quantitative estimate of drug-likeness (QED) is 0.0195. The molecule has 2 atom stereocenters. The lowest BCUT2D eigenvalue weighted by Gasteiger charge is -2.26. The van der Waals surface area contributed by atoms with Gasteiger partial charge in [0.05, 0.1) is 40.3 Å². The molecule has 79 heavy (non-hydrogen) atoms. The molecule has 0 radical (unpaired) electrons. The SMILES string of the molecule is CC/C=C\C/C=C\C/C=C\C/C=C\C/C=C\C/C=C\C/C=C\CCCC(=O)OC(COC(=O)CCCCCCCCCCCCCCCCCCCC/C=C\C/C=C\C/C=C\C/C=C\CC)COC(OCC[N+](C)(C)C)C(=O)[O-]. The maximum absolute atomic E-state index is 12.9. The van der Waals surface area contributed by atoms with Crippen LogP contribution in [0.5, 0.6) is 0 Å². The number of carbonyl (C=O) groups is 3. The zero-order valence-corrected chi connectivity index (χ0v) is 50.9. The monoisotopic (exact) mass is 1100 g/mol. The zero-order chi connectivity index (χ0) is 57.6. The topological polar surface area (TPSA) is 111 Å². The van der Waals surface area contributed by atoms with E-state index in [-0.39, 0.29) is 38.6 Å². The Morgan fingerprint density at radius 1 is 0.380 bits per heavy atom. The summed E-state index contributed by atoms with van der Waals surface area (Å²) >= 11 is 0. The van der Waals surface area contributed by atoms with Crippen LogP contribution in [0.1, 0.15) is 232 Å². The summed E-state index contributed by atoms with van der Waals surface area (Å²) in [5.41, 5.74) is 0. The molecule has 0 aromatic heterocycles. The normalized spacial score (nSPS) is 13.7. The Labute approximate surface area is 484 Å². The van der Waals surface area contributed by atoms with E-state index in [0.29, 0.717) is 23.9 Å². The molecule has 0 spiro atoms. The molecule has 9 heteroatoms. The highest BCUT2D eigenvalue weighted by atomic mass is 16.7. The van der Waals surface area contributed by atoms with E-state index in [4.69, 9.17) is 18.9 Å². The van der Waals surface area contributed by atoms with Crippen LogP contribution in [0, 0.1) is 0 Å². The average molecular weight is 1100 g/mol. The van der Waals surface area contributed by atoms with Gasteiger partial charge in [0, 0.05) is 12.8 Å². The predicted octanol–water partition coefficient (Wildman–Crippen LogP) is 17.7. The van der Waals surface area contributed by atoms with Gasteiger partial charge in [-0.05, 0) is 103 Å². The Hall–Kier alpha value is -4.57. The van der Waals surface area contributed by atoms with Crippen molar-refractivity contribution in [3.63, 3.8) is 0 Å². The van der Waals surface area contributed by atoms with Gasteiger partial charge in [0.25, 0.3) is 0 Å². The minimum atomic E-state index is -1.64. The molecule has 0 saturated heterocycles. The highest BCUT2D eigenvalue weighted by molar-refractivity contribution is 5.70. The van der Waals surface area contributed by atoms with Crippen LogP contribution in [-0.2, 0) is 33.3 Å². The van der Waals surface area contributed by atoms with Crippen molar-refractivity contribution in [2.24, 2.45) is 0 Å². The molecule has 0 N–H and O–H groups in total. The third kappa shape index (κ3) is 60.9. The Bertz CT molecular complexity index is 1750. The second-order valence-corrected chi connectivity index (χ2v) is 21.6. The van der Waals surface area contributed by atoms with E-state index in [1.54, 1.807) is 0 Å². The van der Waals surface area contributed by atoms with Crippen molar-refractivity contribution in [2.75, 3.05) is 47.5 Å². The van der Waals surface area contributed by atoms with Gasteiger partial charge >= 0.3 is 11.9 Å². The Morgan fingerprint density at radius 3 is 1.05 bits per heavy atom. The van der Waals surface area contributed by atoms with Crippen LogP contribution < -0.4 is 5.11 Å². The maximum Gasteiger partial charge on any atom is 0.306 e. The van der Waals surface area contributed by atoms with Crippen molar-refractivity contribution in [1.82, 2.24) is 0 Å². The lowest BCUT2D eigenvalue weighted by Crippen LogP contribution is -2.44. The minimum Gasteiger partial charge on any atom is -0.545 e. The number of carboxylic acids is 1. The van der Waals surface area contributed by atoms with Crippen molar-refractivity contribution < 1.29 is 42.9 Å². The molecule has 0 aliphatic carbocycles. The van der Waals surface area contributed by atoms with Crippen molar-refractivity contribution in [3.05, 3.63) is 134 Å². The fourth-order valence-corrected chi connectivity index (χ4v) is 8.16. The average Bonchev–Trinajstić information content (AvgIpc) is 3.42. The number of rotatable bonds is 56. The highest BCUT2D eigenvalue weighted by Crippen LogP contribution is 2.16. The van der Waals surface area contributed by atoms with E-state index >= 15 is 0 Å². The number of nitrogens with zero attached hydrogens (tertiary/aromatic N) is 1. The number of likely N-dealkylation sites (N-methyl/N-ethyl adjacent to an activating group) is 1. The first-order chi connectivity index (χ1) is 38.6. The van der Waals surface area contributed by atoms with E-state index in [1.807, 2.05) is 21.1 Å².